The largest absolute Gasteiger partial charge is 0.481 e. The third kappa shape index (κ3) is 7.11. The van der Waals surface area contributed by atoms with Crippen molar-refractivity contribution in [3.8, 4) is 0 Å². The van der Waals surface area contributed by atoms with Crippen molar-refractivity contribution < 1.29 is 23.7 Å². The van der Waals surface area contributed by atoms with Crippen LogP contribution < -0.4 is 16.4 Å². The molecule has 2 heterocycles. The number of aryl methyl sites for hydroxylation is 1. The van der Waals surface area contributed by atoms with Crippen LogP contribution in [0.4, 0.5) is 0 Å². The molecular weight excluding hydrogens is 461 g/mol. The maximum atomic E-state index is 13.3. The molecule has 1 aliphatic heterocycles. The molecule has 2 aromatic rings. The average molecular weight is 495 g/mol. The average Bonchev–Trinajstić information content (AvgIpc) is 3.05. The van der Waals surface area contributed by atoms with Crippen molar-refractivity contribution in [2.24, 2.45) is 5.73 Å². The second kappa shape index (κ2) is 11.6. The zero-order valence-corrected chi connectivity index (χ0v) is 21.2. The minimum Gasteiger partial charge on any atom is -0.402 e. The Kier molecular flexibility index (Phi) is 8.81. The molecule has 3 amide bonds. The van der Waals surface area contributed by atoms with Crippen molar-refractivity contribution in [1.82, 2.24) is 20.6 Å². The van der Waals surface area contributed by atoms with Crippen LogP contribution in [-0.4, -0.2) is 58.0 Å². The molecule has 1 aliphatic rings. The first-order valence-electron chi connectivity index (χ1n) is 12.0. The summed E-state index contributed by atoms with van der Waals surface area (Å²) in [6.07, 6.45) is 5.79. The molecule has 0 saturated carbocycles. The van der Waals surface area contributed by atoms with Crippen LogP contribution in [0.25, 0.3) is 0 Å². The summed E-state index contributed by atoms with van der Waals surface area (Å²) < 4.78 is 12.4. The van der Waals surface area contributed by atoms with Crippen molar-refractivity contribution in [3.63, 3.8) is 0 Å². The SMILES string of the molecule is CC1(C)OB([C@H](CCCc2ccccc2)NC(=O)[C@@H](CC(N)=O)NC(=O)c2cnccn2)OC1(C)C. The molecular formula is C25H34BN5O5. The molecule has 3 rings (SSSR count). The lowest BCUT2D eigenvalue weighted by Crippen LogP contribution is -2.55. The van der Waals surface area contributed by atoms with Crippen LogP contribution in [0.2, 0.25) is 0 Å². The highest BCUT2D eigenvalue weighted by atomic mass is 16.7. The summed E-state index contributed by atoms with van der Waals surface area (Å²) in [6.45, 7) is 7.75. The number of nitrogens with two attached hydrogens (primary N) is 1. The van der Waals surface area contributed by atoms with Crippen LogP contribution >= 0.6 is 0 Å². The van der Waals surface area contributed by atoms with Gasteiger partial charge in [0.25, 0.3) is 5.91 Å². The van der Waals surface area contributed by atoms with Crippen molar-refractivity contribution in [3.05, 3.63) is 60.2 Å². The molecule has 0 bridgehead atoms. The fraction of sp³-hybridized carbons (Fsp3) is 0.480. The molecule has 0 aliphatic carbocycles. The molecule has 36 heavy (non-hydrogen) atoms. The third-order valence-electron chi connectivity index (χ3n) is 6.57. The summed E-state index contributed by atoms with van der Waals surface area (Å²) >= 11 is 0. The highest BCUT2D eigenvalue weighted by molar-refractivity contribution is 6.48. The number of hydrogen-bond donors (Lipinski definition) is 3. The van der Waals surface area contributed by atoms with E-state index in [1.165, 1.54) is 24.2 Å². The number of rotatable bonds is 11. The van der Waals surface area contributed by atoms with Crippen LogP contribution in [-0.2, 0) is 25.3 Å². The summed E-state index contributed by atoms with van der Waals surface area (Å²) in [5, 5.41) is 5.47. The van der Waals surface area contributed by atoms with E-state index in [4.69, 9.17) is 15.0 Å². The molecule has 1 fully saturated rings. The van der Waals surface area contributed by atoms with E-state index in [1.807, 2.05) is 58.0 Å². The predicted molar refractivity (Wildman–Crippen MR) is 134 cm³/mol. The van der Waals surface area contributed by atoms with Crippen molar-refractivity contribution >= 4 is 24.8 Å². The van der Waals surface area contributed by atoms with Crippen molar-refractivity contribution in [2.75, 3.05) is 0 Å². The van der Waals surface area contributed by atoms with Gasteiger partial charge < -0.3 is 25.7 Å². The second-order valence-electron chi connectivity index (χ2n) is 9.90. The molecule has 0 spiro atoms. The zero-order chi connectivity index (χ0) is 26.3. The zero-order valence-electron chi connectivity index (χ0n) is 21.2. The smallest absolute Gasteiger partial charge is 0.402 e. The van der Waals surface area contributed by atoms with Gasteiger partial charge in [0.05, 0.1) is 29.8 Å². The number of nitrogens with zero attached hydrogens (tertiary/aromatic N) is 2. The lowest BCUT2D eigenvalue weighted by atomic mass is 9.75. The molecule has 192 valence electrons. The number of carbonyl (C=O) groups is 3. The molecule has 0 radical (unpaired) electrons. The molecule has 1 aromatic carbocycles. The highest BCUT2D eigenvalue weighted by Gasteiger charge is 2.54. The van der Waals surface area contributed by atoms with Crippen molar-refractivity contribution in [1.29, 1.82) is 0 Å². The van der Waals surface area contributed by atoms with E-state index in [-0.39, 0.29) is 12.1 Å². The Hall–Kier alpha value is -3.31. The predicted octanol–water partition coefficient (Wildman–Crippen LogP) is 1.59. The summed E-state index contributed by atoms with van der Waals surface area (Å²) in [6, 6.07) is 8.83. The van der Waals surface area contributed by atoms with Gasteiger partial charge in [0.1, 0.15) is 11.7 Å². The van der Waals surface area contributed by atoms with Gasteiger partial charge in [-0.2, -0.15) is 0 Å². The molecule has 11 heteroatoms. The van der Waals surface area contributed by atoms with Gasteiger partial charge >= 0.3 is 7.12 Å². The lowest BCUT2D eigenvalue weighted by molar-refractivity contribution is -0.127. The van der Waals surface area contributed by atoms with Crippen LogP contribution in [0, 0.1) is 0 Å². The first kappa shape index (κ1) is 27.3. The topological polar surface area (TPSA) is 146 Å². The van der Waals surface area contributed by atoms with Crippen molar-refractivity contribution in [2.45, 2.75) is 76.6 Å². The van der Waals surface area contributed by atoms with E-state index in [0.29, 0.717) is 6.42 Å². The minimum absolute atomic E-state index is 0.0186. The molecule has 0 unspecified atom stereocenters. The standard InChI is InChI=1S/C25H34BN5O5/c1-24(2)25(3,4)36-26(35-24)20(12-8-11-17-9-6-5-7-10-17)31-22(33)18(15-21(27)32)30-23(34)19-16-28-13-14-29-19/h5-7,9-10,13-14,16,18,20H,8,11-12,15H2,1-4H3,(H2,27,32)(H,30,34)(H,31,33)/t18-,20+/m1/s1. The Bertz CT molecular complexity index is 1040. The molecule has 10 nitrogen and oxygen atoms in total. The van der Waals surface area contributed by atoms with E-state index in [9.17, 15) is 14.4 Å². The normalized spacial score (nSPS) is 17.7. The van der Waals surface area contributed by atoms with Gasteiger partial charge in [0.2, 0.25) is 11.8 Å². The number of amides is 3. The Morgan fingerprint density at radius 2 is 1.69 bits per heavy atom. The first-order valence-corrected chi connectivity index (χ1v) is 12.0. The highest BCUT2D eigenvalue weighted by Crippen LogP contribution is 2.38. The van der Waals surface area contributed by atoms with E-state index in [2.05, 4.69) is 20.6 Å². The number of hydrogen-bond acceptors (Lipinski definition) is 7. The Labute approximate surface area is 211 Å². The minimum atomic E-state index is -1.20. The fourth-order valence-electron chi connectivity index (χ4n) is 3.84. The van der Waals surface area contributed by atoms with E-state index in [1.54, 1.807) is 0 Å². The fourth-order valence-corrected chi connectivity index (χ4v) is 3.84. The van der Waals surface area contributed by atoms with Gasteiger partial charge in [-0.05, 0) is 52.5 Å². The van der Waals surface area contributed by atoms with Crippen LogP contribution in [0.1, 0.15) is 63.0 Å². The summed E-state index contributed by atoms with van der Waals surface area (Å²) in [7, 11) is -0.709. The van der Waals surface area contributed by atoms with Crippen LogP contribution in [0.5, 0.6) is 0 Å². The monoisotopic (exact) mass is 495 g/mol. The molecule has 1 aromatic heterocycles. The number of nitrogens with one attached hydrogen (secondary N) is 2. The number of aromatic nitrogens is 2. The van der Waals surface area contributed by atoms with E-state index in [0.717, 1.165) is 12.8 Å². The number of primary amides is 1. The van der Waals surface area contributed by atoms with Gasteiger partial charge in [0.15, 0.2) is 0 Å². The first-order chi connectivity index (χ1) is 17.0. The second-order valence-corrected chi connectivity index (χ2v) is 9.90. The van der Waals surface area contributed by atoms with Gasteiger partial charge in [-0.15, -0.1) is 0 Å². The molecule has 2 atom stereocenters. The maximum Gasteiger partial charge on any atom is 0.481 e. The maximum absolute atomic E-state index is 13.3. The summed E-state index contributed by atoms with van der Waals surface area (Å²) in [4.78, 5) is 45.4. The summed E-state index contributed by atoms with van der Waals surface area (Å²) in [5.74, 6) is -2.46. The van der Waals surface area contributed by atoms with E-state index >= 15 is 0 Å². The lowest BCUT2D eigenvalue weighted by Gasteiger charge is -2.32. The van der Waals surface area contributed by atoms with E-state index < -0.39 is 48.0 Å². The third-order valence-corrected chi connectivity index (χ3v) is 6.57. The van der Waals surface area contributed by atoms with Gasteiger partial charge in [0, 0.05) is 12.4 Å². The van der Waals surface area contributed by atoms with Gasteiger partial charge in [-0.1, -0.05) is 30.3 Å². The van der Waals surface area contributed by atoms with Gasteiger partial charge in [-0.3, -0.25) is 19.4 Å². The number of benzene rings is 1. The van der Waals surface area contributed by atoms with Crippen LogP contribution in [0.3, 0.4) is 0 Å². The Morgan fingerprint density at radius 1 is 1.03 bits per heavy atom. The Morgan fingerprint density at radius 3 is 2.28 bits per heavy atom. The van der Waals surface area contributed by atoms with Gasteiger partial charge in [-0.25, -0.2) is 4.98 Å². The molecule has 4 N–H and O–H groups in total. The summed E-state index contributed by atoms with van der Waals surface area (Å²) in [5.41, 5.74) is 5.38. The number of carbonyl (C=O) groups excluding carboxylic acids is 3. The Balaban J connectivity index is 1.74. The quantitative estimate of drug-likeness (QED) is 0.402. The molecule has 1 saturated heterocycles. The van der Waals surface area contributed by atoms with Crippen LogP contribution in [0.15, 0.2) is 48.9 Å².